The number of benzene rings is 1. The number of ether oxygens (including phenoxy) is 1. The lowest BCUT2D eigenvalue weighted by molar-refractivity contribution is -0.228. The summed E-state index contributed by atoms with van der Waals surface area (Å²) in [7, 11) is 4.16. The molecule has 4 fully saturated rings. The first-order chi connectivity index (χ1) is 23.7. The quantitative estimate of drug-likeness (QED) is 0.197. The highest BCUT2D eigenvalue weighted by Gasteiger charge is 2.71. The van der Waals surface area contributed by atoms with Crippen molar-refractivity contribution in [2.45, 2.75) is 119 Å². The van der Waals surface area contributed by atoms with Gasteiger partial charge >= 0.3 is 11.9 Å². The van der Waals surface area contributed by atoms with Gasteiger partial charge in [-0.2, -0.15) is 0 Å². The fraction of sp³-hybridized carbons (Fsp3) is 0.733. The Hall–Kier alpha value is -2.44. The van der Waals surface area contributed by atoms with Crippen molar-refractivity contribution in [3.63, 3.8) is 0 Å². The van der Waals surface area contributed by atoms with Crippen LogP contribution in [0, 0.1) is 56.7 Å². The van der Waals surface area contributed by atoms with Crippen molar-refractivity contribution >= 4 is 17.5 Å². The topological polar surface area (TPSA) is 78.9 Å². The zero-order valence-electron chi connectivity index (χ0n) is 33.6. The van der Waals surface area contributed by atoms with Gasteiger partial charge in [0.05, 0.1) is 11.0 Å². The average Bonchev–Trinajstić information content (AvgIpc) is 3.45. The lowest BCUT2D eigenvalue weighted by atomic mass is 9.32. The number of likely N-dealkylation sites (N-methyl/N-ethyl adjacent to an activating group) is 2. The first-order valence-electron chi connectivity index (χ1n) is 20.0. The highest BCUT2D eigenvalue weighted by molar-refractivity contribution is 5.90. The van der Waals surface area contributed by atoms with Gasteiger partial charge in [-0.25, -0.2) is 4.79 Å². The number of allylic oxidation sites excluding steroid dienone is 2. The fourth-order valence-corrected chi connectivity index (χ4v) is 13.5. The first kappa shape index (κ1) is 38.3. The van der Waals surface area contributed by atoms with Gasteiger partial charge in [-0.1, -0.05) is 65.0 Å². The maximum atomic E-state index is 13.3. The van der Waals surface area contributed by atoms with Crippen molar-refractivity contribution in [1.29, 1.82) is 0 Å². The second-order valence-electron chi connectivity index (χ2n) is 19.9. The van der Waals surface area contributed by atoms with Crippen LogP contribution in [0.25, 0.3) is 5.57 Å². The molecule has 5 aliphatic rings. The Morgan fingerprint density at radius 2 is 1.63 bits per heavy atom. The second kappa shape index (κ2) is 13.1. The average molecular weight is 701 g/mol. The van der Waals surface area contributed by atoms with Gasteiger partial charge < -0.3 is 20.1 Å². The molecule has 0 heterocycles. The summed E-state index contributed by atoms with van der Waals surface area (Å²) < 4.78 is 5.63. The van der Waals surface area contributed by atoms with Crippen LogP contribution < -0.4 is 5.32 Å². The van der Waals surface area contributed by atoms with Crippen molar-refractivity contribution in [1.82, 2.24) is 10.2 Å². The van der Waals surface area contributed by atoms with Crippen LogP contribution >= 0.6 is 0 Å². The summed E-state index contributed by atoms with van der Waals surface area (Å²) in [4.78, 5) is 28.4. The van der Waals surface area contributed by atoms with Gasteiger partial charge in [0.1, 0.15) is 5.60 Å². The first-order valence-corrected chi connectivity index (χ1v) is 20.0. The Labute approximate surface area is 309 Å². The summed E-state index contributed by atoms with van der Waals surface area (Å²) in [6.07, 6.45) is 11.9. The molecule has 0 bridgehead atoms. The van der Waals surface area contributed by atoms with E-state index in [1.165, 1.54) is 36.0 Å². The molecule has 2 N–H and O–H groups in total. The molecule has 6 heteroatoms. The smallest absolute Gasteiger partial charge is 0.338 e. The maximum Gasteiger partial charge on any atom is 0.338 e. The number of nitrogens with zero attached hydrogens (tertiary/aromatic N) is 1. The zero-order valence-corrected chi connectivity index (χ0v) is 33.6. The molecule has 9 atom stereocenters. The molecule has 1 aromatic carbocycles. The van der Waals surface area contributed by atoms with E-state index in [1.807, 2.05) is 40.0 Å². The molecule has 282 valence electrons. The Kier molecular flexibility index (Phi) is 9.87. The standard InChI is InChI=1S/C45H68N2O4/c1-29(28-47(11)27-26-46-10)32-18-23-45(39(49)50)25-24-43(8)34(37(32)45)16-17-36-42(7)21-19-33(41(5,6)35(42)20-22-44(36,43)9)30-12-14-31(15-13-30)38(48)51-40(2,3)4/h12-15,19,32,34-37,46H,1,16-18,20-28H2,2-11H3,(H,49,50)/t32-,34+,35-,36+,37+,42-,43+,44+,45-/m0/s1. The molecule has 0 aliphatic heterocycles. The Morgan fingerprint density at radius 3 is 2.25 bits per heavy atom. The molecule has 0 saturated heterocycles. The third kappa shape index (κ3) is 6.07. The molecule has 4 saturated carbocycles. The SMILES string of the molecule is C=C(CN(C)CCNC)[C@@H]1CC[C@]2(C(=O)O)CC[C@]3(C)[C@H](CC[C@@H]4[C@@]5(C)CC=C(c6ccc(C(=O)OC(C)(C)C)cc6)C(C)(C)[C@@H]5CC[C@]43C)[C@@H]12. The van der Waals surface area contributed by atoms with Crippen molar-refractivity contribution in [3.05, 3.63) is 53.6 Å². The Morgan fingerprint density at radius 1 is 0.941 bits per heavy atom. The molecule has 0 unspecified atom stereocenters. The molecular weight excluding hydrogens is 633 g/mol. The van der Waals surface area contributed by atoms with Gasteiger partial charge in [0.25, 0.3) is 0 Å². The second-order valence-corrected chi connectivity index (χ2v) is 19.9. The number of fused-ring (bicyclic) bond motifs is 7. The lowest BCUT2D eigenvalue weighted by Gasteiger charge is -2.72. The van der Waals surface area contributed by atoms with Crippen LogP contribution in [0.3, 0.4) is 0 Å². The number of carboxylic acids is 1. The van der Waals surface area contributed by atoms with E-state index in [2.05, 4.69) is 76.7 Å². The molecule has 51 heavy (non-hydrogen) atoms. The molecule has 6 rings (SSSR count). The molecule has 5 aliphatic carbocycles. The minimum atomic E-state index is -0.616. The maximum absolute atomic E-state index is 13.3. The van der Waals surface area contributed by atoms with Crippen LogP contribution in [0.5, 0.6) is 0 Å². The molecule has 0 radical (unpaired) electrons. The summed E-state index contributed by atoms with van der Waals surface area (Å²) in [6, 6.07) is 8.10. The van der Waals surface area contributed by atoms with Crippen LogP contribution in [0.4, 0.5) is 0 Å². The van der Waals surface area contributed by atoms with E-state index in [4.69, 9.17) is 4.74 Å². The number of hydrogen-bond donors (Lipinski definition) is 2. The fourth-order valence-electron chi connectivity index (χ4n) is 13.5. The van der Waals surface area contributed by atoms with E-state index in [1.54, 1.807) is 0 Å². The number of carboxylic acid groups (broad SMARTS) is 1. The number of carbonyl (C=O) groups is 2. The highest BCUT2D eigenvalue weighted by atomic mass is 16.6. The van der Waals surface area contributed by atoms with Crippen LogP contribution in [0.15, 0.2) is 42.5 Å². The molecule has 0 spiro atoms. The molecule has 6 nitrogen and oxygen atoms in total. The Bertz CT molecular complexity index is 1550. The summed E-state index contributed by atoms with van der Waals surface area (Å²) >= 11 is 0. The predicted octanol–water partition coefficient (Wildman–Crippen LogP) is 9.51. The van der Waals surface area contributed by atoms with Crippen molar-refractivity contribution in [3.8, 4) is 0 Å². The van der Waals surface area contributed by atoms with Gasteiger partial charge in [-0.15, -0.1) is 0 Å². The Balaban J connectivity index is 1.29. The minimum Gasteiger partial charge on any atom is -0.481 e. The van der Waals surface area contributed by atoms with E-state index in [9.17, 15) is 14.7 Å². The van der Waals surface area contributed by atoms with Gasteiger partial charge in [0.15, 0.2) is 0 Å². The normalized spacial score (nSPS) is 38.5. The number of carbonyl (C=O) groups excluding carboxylic acids is 1. The largest absolute Gasteiger partial charge is 0.481 e. The number of esters is 1. The molecular formula is C45H68N2O4. The van der Waals surface area contributed by atoms with Crippen LogP contribution in [0.1, 0.15) is 129 Å². The van der Waals surface area contributed by atoms with E-state index < -0.39 is 17.0 Å². The van der Waals surface area contributed by atoms with Crippen molar-refractivity contribution < 1.29 is 19.4 Å². The summed E-state index contributed by atoms with van der Waals surface area (Å²) in [5.74, 6) is 1.15. The predicted molar refractivity (Wildman–Crippen MR) is 207 cm³/mol. The third-order valence-corrected chi connectivity index (χ3v) is 16.0. The zero-order chi connectivity index (χ0) is 37.4. The van der Waals surface area contributed by atoms with E-state index >= 15 is 0 Å². The van der Waals surface area contributed by atoms with Gasteiger partial charge in [0.2, 0.25) is 0 Å². The molecule has 0 aromatic heterocycles. The lowest BCUT2D eigenvalue weighted by Crippen LogP contribution is -2.66. The molecule has 1 aromatic rings. The van der Waals surface area contributed by atoms with E-state index in [-0.39, 0.29) is 39.5 Å². The third-order valence-electron chi connectivity index (χ3n) is 16.0. The monoisotopic (exact) mass is 701 g/mol. The van der Waals surface area contributed by atoms with Crippen LogP contribution in [0.2, 0.25) is 0 Å². The van der Waals surface area contributed by atoms with Gasteiger partial charge in [-0.3, -0.25) is 4.79 Å². The van der Waals surface area contributed by atoms with Crippen LogP contribution in [-0.2, 0) is 9.53 Å². The van der Waals surface area contributed by atoms with E-state index in [0.29, 0.717) is 23.3 Å². The summed E-state index contributed by atoms with van der Waals surface area (Å²) in [6.45, 7) is 25.9. The number of hydrogen-bond acceptors (Lipinski definition) is 5. The van der Waals surface area contributed by atoms with E-state index in [0.717, 1.165) is 58.2 Å². The van der Waals surface area contributed by atoms with Gasteiger partial charge in [0, 0.05) is 19.6 Å². The number of aliphatic carboxylic acids is 1. The number of nitrogens with one attached hydrogen (secondary N) is 1. The van der Waals surface area contributed by atoms with Gasteiger partial charge in [-0.05, 0) is 167 Å². The molecule has 0 amide bonds. The van der Waals surface area contributed by atoms with Crippen LogP contribution in [-0.4, -0.2) is 61.3 Å². The summed E-state index contributed by atoms with van der Waals surface area (Å²) in [5, 5.41) is 14.2. The highest BCUT2D eigenvalue weighted by Crippen LogP contribution is 2.77. The van der Waals surface area contributed by atoms with Crippen molar-refractivity contribution in [2.24, 2.45) is 56.7 Å². The number of rotatable bonds is 9. The minimum absolute atomic E-state index is 0.0157. The van der Waals surface area contributed by atoms with Crippen molar-refractivity contribution in [2.75, 3.05) is 33.7 Å². The summed E-state index contributed by atoms with van der Waals surface area (Å²) in [5.41, 5.74) is 3.72.